The number of hydrogen-bond donors (Lipinski definition) is 2. The summed E-state index contributed by atoms with van der Waals surface area (Å²) in [6.07, 6.45) is 1.90. The minimum Gasteiger partial charge on any atom is -0.271 e. The van der Waals surface area contributed by atoms with Crippen LogP contribution in [0.5, 0.6) is 0 Å². The lowest BCUT2D eigenvalue weighted by Gasteiger charge is -2.14. The quantitative estimate of drug-likeness (QED) is 0.472. The Morgan fingerprint density at radius 3 is 2.80 bits per heavy atom. The molecule has 0 bridgehead atoms. The van der Waals surface area contributed by atoms with Gasteiger partial charge in [-0.15, -0.1) is 17.9 Å². The van der Waals surface area contributed by atoms with Gasteiger partial charge in [-0.1, -0.05) is 17.2 Å². The molecule has 2 nitrogen and oxygen atoms in total. The number of halogens is 1. The van der Waals surface area contributed by atoms with Crippen LogP contribution in [-0.4, -0.2) is 0 Å². The SMILES string of the molecule is C=C(C)CCC(NN)c1scc(C)c1Cl. The second-order valence-corrected chi connectivity index (χ2v) is 5.10. The van der Waals surface area contributed by atoms with Crippen molar-refractivity contribution in [2.24, 2.45) is 5.84 Å². The van der Waals surface area contributed by atoms with Gasteiger partial charge in [0.25, 0.3) is 0 Å². The van der Waals surface area contributed by atoms with Crippen LogP contribution in [0, 0.1) is 6.92 Å². The lowest BCUT2D eigenvalue weighted by Crippen LogP contribution is -2.27. The van der Waals surface area contributed by atoms with Crippen LogP contribution < -0.4 is 11.3 Å². The van der Waals surface area contributed by atoms with E-state index in [9.17, 15) is 0 Å². The molecule has 0 fully saturated rings. The number of thiophene rings is 1. The highest BCUT2D eigenvalue weighted by Crippen LogP contribution is 2.34. The van der Waals surface area contributed by atoms with Crippen LogP contribution in [0.1, 0.15) is 36.2 Å². The number of hydrogen-bond acceptors (Lipinski definition) is 3. The molecule has 0 aliphatic rings. The van der Waals surface area contributed by atoms with E-state index < -0.39 is 0 Å². The Morgan fingerprint density at radius 1 is 1.73 bits per heavy atom. The van der Waals surface area contributed by atoms with Gasteiger partial charge in [0.05, 0.1) is 11.1 Å². The Hall–Kier alpha value is -0.350. The van der Waals surface area contributed by atoms with Crippen molar-refractivity contribution in [2.75, 3.05) is 0 Å². The molecule has 15 heavy (non-hydrogen) atoms. The number of hydrazine groups is 1. The van der Waals surface area contributed by atoms with Gasteiger partial charge in [0, 0.05) is 4.88 Å². The fourth-order valence-corrected chi connectivity index (χ4v) is 2.79. The largest absolute Gasteiger partial charge is 0.271 e. The Kier molecular flexibility index (Phi) is 4.80. The molecule has 0 spiro atoms. The maximum atomic E-state index is 6.19. The highest BCUT2D eigenvalue weighted by molar-refractivity contribution is 7.10. The van der Waals surface area contributed by atoms with E-state index in [0.717, 1.165) is 28.3 Å². The van der Waals surface area contributed by atoms with Crippen LogP contribution in [0.2, 0.25) is 5.02 Å². The molecule has 0 radical (unpaired) electrons. The molecular formula is C11H17ClN2S. The van der Waals surface area contributed by atoms with E-state index in [1.54, 1.807) is 11.3 Å². The van der Waals surface area contributed by atoms with Crippen molar-refractivity contribution in [1.29, 1.82) is 0 Å². The molecule has 1 aromatic heterocycles. The molecule has 1 heterocycles. The van der Waals surface area contributed by atoms with Crippen LogP contribution in [0.3, 0.4) is 0 Å². The third kappa shape index (κ3) is 3.31. The highest BCUT2D eigenvalue weighted by atomic mass is 35.5. The maximum Gasteiger partial charge on any atom is 0.0590 e. The van der Waals surface area contributed by atoms with Gasteiger partial charge in [0.1, 0.15) is 0 Å². The van der Waals surface area contributed by atoms with Gasteiger partial charge in [-0.25, -0.2) is 0 Å². The standard InChI is InChI=1S/C11H17ClN2S/c1-7(2)4-5-9(14-13)11-10(12)8(3)6-15-11/h6,9,14H,1,4-5,13H2,2-3H3. The number of allylic oxidation sites excluding steroid dienone is 1. The van der Waals surface area contributed by atoms with E-state index in [-0.39, 0.29) is 6.04 Å². The molecule has 1 aromatic rings. The summed E-state index contributed by atoms with van der Waals surface area (Å²) in [6.45, 7) is 7.92. The number of aryl methyl sites for hydroxylation is 1. The minimum atomic E-state index is 0.132. The van der Waals surface area contributed by atoms with Gasteiger partial charge in [-0.3, -0.25) is 11.3 Å². The number of rotatable bonds is 5. The molecule has 1 rings (SSSR count). The third-order valence-electron chi connectivity index (χ3n) is 2.30. The summed E-state index contributed by atoms with van der Waals surface area (Å²) in [5.74, 6) is 5.54. The molecular weight excluding hydrogens is 228 g/mol. The Balaban J connectivity index is 2.74. The van der Waals surface area contributed by atoms with Gasteiger partial charge in [-0.2, -0.15) is 0 Å². The van der Waals surface area contributed by atoms with Crippen LogP contribution in [0.25, 0.3) is 0 Å². The van der Waals surface area contributed by atoms with Crippen molar-refractivity contribution in [3.63, 3.8) is 0 Å². The average molecular weight is 245 g/mol. The Labute approximate surface area is 100 Å². The predicted octanol–water partition coefficient (Wildman–Crippen LogP) is 3.57. The smallest absolute Gasteiger partial charge is 0.0590 e. The molecule has 1 unspecified atom stereocenters. The lowest BCUT2D eigenvalue weighted by molar-refractivity contribution is 0.523. The van der Waals surface area contributed by atoms with Crippen molar-refractivity contribution >= 4 is 22.9 Å². The van der Waals surface area contributed by atoms with E-state index in [1.807, 2.05) is 13.8 Å². The Morgan fingerprint density at radius 2 is 2.40 bits per heavy atom. The Bertz CT molecular complexity index is 346. The predicted molar refractivity (Wildman–Crippen MR) is 68.2 cm³/mol. The second kappa shape index (κ2) is 5.66. The van der Waals surface area contributed by atoms with Gasteiger partial charge in [-0.05, 0) is 37.6 Å². The van der Waals surface area contributed by atoms with Crippen LogP contribution in [0.4, 0.5) is 0 Å². The van der Waals surface area contributed by atoms with Crippen molar-refractivity contribution < 1.29 is 0 Å². The molecule has 0 aliphatic carbocycles. The van der Waals surface area contributed by atoms with Crippen LogP contribution in [0.15, 0.2) is 17.5 Å². The molecule has 0 saturated heterocycles. The van der Waals surface area contributed by atoms with E-state index in [0.29, 0.717) is 0 Å². The number of nitrogens with two attached hydrogens (primary N) is 1. The topological polar surface area (TPSA) is 38.0 Å². The van der Waals surface area contributed by atoms with E-state index in [1.165, 1.54) is 5.57 Å². The monoisotopic (exact) mass is 244 g/mol. The van der Waals surface area contributed by atoms with Crippen LogP contribution >= 0.6 is 22.9 Å². The average Bonchev–Trinajstić information content (AvgIpc) is 2.50. The van der Waals surface area contributed by atoms with Gasteiger partial charge < -0.3 is 0 Å². The van der Waals surface area contributed by atoms with Gasteiger partial charge in [0.15, 0.2) is 0 Å². The van der Waals surface area contributed by atoms with E-state index >= 15 is 0 Å². The third-order valence-corrected chi connectivity index (χ3v) is 4.13. The van der Waals surface area contributed by atoms with E-state index in [4.69, 9.17) is 17.4 Å². The first-order valence-electron chi connectivity index (χ1n) is 4.90. The van der Waals surface area contributed by atoms with Gasteiger partial charge >= 0.3 is 0 Å². The summed E-state index contributed by atoms with van der Waals surface area (Å²) in [6, 6.07) is 0.132. The summed E-state index contributed by atoms with van der Waals surface area (Å²) in [5, 5.41) is 2.90. The summed E-state index contributed by atoms with van der Waals surface area (Å²) < 4.78 is 0. The first kappa shape index (κ1) is 12.7. The fourth-order valence-electron chi connectivity index (χ4n) is 1.37. The zero-order valence-corrected chi connectivity index (χ0v) is 10.7. The number of nitrogens with one attached hydrogen (secondary N) is 1. The fraction of sp³-hybridized carbons (Fsp3) is 0.455. The molecule has 84 valence electrons. The first-order chi connectivity index (χ1) is 7.06. The summed E-state index contributed by atoms with van der Waals surface area (Å²) >= 11 is 7.85. The molecule has 0 aliphatic heterocycles. The van der Waals surface area contributed by atoms with E-state index in [2.05, 4.69) is 17.4 Å². The zero-order chi connectivity index (χ0) is 11.4. The molecule has 3 N–H and O–H groups in total. The first-order valence-corrected chi connectivity index (χ1v) is 6.16. The van der Waals surface area contributed by atoms with Crippen molar-refractivity contribution in [1.82, 2.24) is 5.43 Å². The van der Waals surface area contributed by atoms with Crippen molar-refractivity contribution in [3.8, 4) is 0 Å². The van der Waals surface area contributed by atoms with Crippen LogP contribution in [-0.2, 0) is 0 Å². The minimum absolute atomic E-state index is 0.132. The molecule has 0 aromatic carbocycles. The van der Waals surface area contributed by atoms with Crippen molar-refractivity contribution in [3.05, 3.63) is 33.0 Å². The maximum absolute atomic E-state index is 6.19. The summed E-state index contributed by atoms with van der Waals surface area (Å²) in [4.78, 5) is 1.12. The van der Waals surface area contributed by atoms with Gasteiger partial charge in [0.2, 0.25) is 0 Å². The summed E-state index contributed by atoms with van der Waals surface area (Å²) in [5.41, 5.74) is 5.10. The zero-order valence-electron chi connectivity index (χ0n) is 9.14. The molecule has 4 heteroatoms. The normalized spacial score (nSPS) is 12.8. The summed E-state index contributed by atoms with van der Waals surface area (Å²) in [7, 11) is 0. The molecule has 0 saturated carbocycles. The molecule has 0 amide bonds. The lowest BCUT2D eigenvalue weighted by atomic mass is 10.1. The van der Waals surface area contributed by atoms with Crippen molar-refractivity contribution in [2.45, 2.75) is 32.7 Å². The second-order valence-electron chi connectivity index (χ2n) is 3.81. The highest BCUT2D eigenvalue weighted by Gasteiger charge is 2.16. The molecule has 1 atom stereocenters.